The zero-order valence-electron chi connectivity index (χ0n) is 13.0. The second-order valence-corrected chi connectivity index (χ2v) is 5.45. The van der Waals surface area contributed by atoms with Gasteiger partial charge >= 0.3 is 0 Å². The first-order valence-electron chi connectivity index (χ1n) is 7.26. The molecule has 4 nitrogen and oxygen atoms in total. The van der Waals surface area contributed by atoms with Crippen LogP contribution in [0.1, 0.15) is 17.5 Å². The Hall–Kier alpha value is -2.49. The Morgan fingerprint density at radius 1 is 1.27 bits per heavy atom. The molecule has 0 saturated carbocycles. The second kappa shape index (κ2) is 5.72. The van der Waals surface area contributed by atoms with Gasteiger partial charge in [0.1, 0.15) is 11.5 Å². The van der Waals surface area contributed by atoms with Crippen molar-refractivity contribution >= 4 is 12.0 Å². The van der Waals surface area contributed by atoms with E-state index in [0.717, 1.165) is 34.6 Å². The monoisotopic (exact) mass is 297 g/mol. The van der Waals surface area contributed by atoms with Crippen molar-refractivity contribution in [2.75, 3.05) is 14.2 Å². The summed E-state index contributed by atoms with van der Waals surface area (Å²) in [4.78, 5) is 12.3. The van der Waals surface area contributed by atoms with Crippen molar-refractivity contribution in [2.45, 2.75) is 13.3 Å². The predicted molar refractivity (Wildman–Crippen MR) is 85.7 cm³/mol. The molecule has 114 valence electrons. The van der Waals surface area contributed by atoms with E-state index in [-0.39, 0.29) is 11.8 Å². The van der Waals surface area contributed by atoms with Crippen molar-refractivity contribution in [1.29, 1.82) is 0 Å². The molecule has 1 unspecified atom stereocenters. The van der Waals surface area contributed by atoms with Gasteiger partial charge in [-0.2, -0.15) is 0 Å². The summed E-state index contributed by atoms with van der Waals surface area (Å²) >= 11 is 0. The number of carbonyl (C=O) groups excluding carboxylic acids is 1. The van der Waals surface area contributed by atoms with Crippen LogP contribution < -0.4 is 14.8 Å². The van der Waals surface area contributed by atoms with E-state index in [0.29, 0.717) is 5.75 Å². The predicted octanol–water partition coefficient (Wildman–Crippen LogP) is 2.99. The third kappa shape index (κ3) is 2.41. The Morgan fingerprint density at radius 3 is 2.82 bits per heavy atom. The highest BCUT2D eigenvalue weighted by atomic mass is 16.5. The van der Waals surface area contributed by atoms with Crippen molar-refractivity contribution in [3.05, 3.63) is 52.8 Å². The van der Waals surface area contributed by atoms with E-state index in [9.17, 15) is 4.79 Å². The van der Waals surface area contributed by atoms with Gasteiger partial charge in [0, 0.05) is 28.8 Å². The average molecular weight is 297 g/mol. The minimum Gasteiger partial charge on any atom is -0.497 e. The number of rotatable bonds is 3. The number of amides is 1. The summed E-state index contributed by atoms with van der Waals surface area (Å²) in [7, 11) is 3.25. The summed E-state index contributed by atoms with van der Waals surface area (Å²) in [5.41, 5.74) is 3.69. The zero-order valence-corrected chi connectivity index (χ0v) is 13.0. The molecule has 1 fully saturated rings. The first-order chi connectivity index (χ1) is 10.6. The van der Waals surface area contributed by atoms with Gasteiger partial charge in [-0.25, -0.2) is 0 Å². The SMILES string of the molecule is COc1cc(C)c(C=C2C(=O)NC3=CC=CCC32)c(OC)c1. The summed E-state index contributed by atoms with van der Waals surface area (Å²) in [6.07, 6.45) is 8.81. The molecule has 0 spiro atoms. The van der Waals surface area contributed by atoms with E-state index in [1.54, 1.807) is 14.2 Å². The lowest BCUT2D eigenvalue weighted by atomic mass is 9.90. The molecule has 0 aromatic heterocycles. The van der Waals surface area contributed by atoms with Crippen molar-refractivity contribution in [3.63, 3.8) is 0 Å². The number of ether oxygens (including phenoxy) is 2. The van der Waals surface area contributed by atoms with Crippen LogP contribution in [0.2, 0.25) is 0 Å². The van der Waals surface area contributed by atoms with E-state index in [4.69, 9.17) is 9.47 Å². The molecule has 2 aliphatic rings. The Bertz CT molecular complexity index is 713. The molecule has 1 N–H and O–H groups in total. The highest BCUT2D eigenvalue weighted by Crippen LogP contribution is 2.36. The number of carbonyl (C=O) groups is 1. The molecular formula is C18H19NO3. The van der Waals surface area contributed by atoms with Gasteiger partial charge in [0.2, 0.25) is 0 Å². The molecule has 1 aliphatic carbocycles. The van der Waals surface area contributed by atoms with Crippen LogP contribution in [0.4, 0.5) is 0 Å². The fourth-order valence-corrected chi connectivity index (χ4v) is 2.94. The summed E-state index contributed by atoms with van der Waals surface area (Å²) in [6.45, 7) is 1.99. The van der Waals surface area contributed by atoms with E-state index in [2.05, 4.69) is 11.4 Å². The zero-order chi connectivity index (χ0) is 15.7. The van der Waals surface area contributed by atoms with Gasteiger partial charge in [-0.05, 0) is 37.1 Å². The lowest BCUT2D eigenvalue weighted by Crippen LogP contribution is -2.13. The number of hydrogen-bond donors (Lipinski definition) is 1. The van der Waals surface area contributed by atoms with Gasteiger partial charge in [0.15, 0.2) is 0 Å². The molecular weight excluding hydrogens is 278 g/mol. The second-order valence-electron chi connectivity index (χ2n) is 5.45. The standard InChI is InChI=1S/C18H19NO3/c1-11-8-12(21-2)9-17(22-3)14(11)10-15-13-6-4-5-7-16(13)19-18(15)20/h4-5,7-10,13H,6H2,1-3H3,(H,19,20). The average Bonchev–Trinajstić information content (AvgIpc) is 2.84. The number of benzene rings is 1. The largest absolute Gasteiger partial charge is 0.497 e. The fourth-order valence-electron chi connectivity index (χ4n) is 2.94. The maximum absolute atomic E-state index is 12.3. The first-order valence-corrected chi connectivity index (χ1v) is 7.26. The van der Waals surface area contributed by atoms with Gasteiger partial charge in [-0.3, -0.25) is 4.79 Å². The highest BCUT2D eigenvalue weighted by molar-refractivity contribution is 6.03. The van der Waals surface area contributed by atoms with Gasteiger partial charge in [0.25, 0.3) is 5.91 Å². The summed E-state index contributed by atoms with van der Waals surface area (Å²) < 4.78 is 10.7. The molecule has 22 heavy (non-hydrogen) atoms. The van der Waals surface area contributed by atoms with Crippen LogP contribution in [-0.2, 0) is 4.79 Å². The van der Waals surface area contributed by atoms with E-state index < -0.39 is 0 Å². The van der Waals surface area contributed by atoms with Crippen LogP contribution in [0.3, 0.4) is 0 Å². The van der Waals surface area contributed by atoms with Crippen LogP contribution in [0.5, 0.6) is 11.5 Å². The molecule has 4 heteroatoms. The van der Waals surface area contributed by atoms with Crippen LogP contribution >= 0.6 is 0 Å². The van der Waals surface area contributed by atoms with Gasteiger partial charge < -0.3 is 14.8 Å². The number of aryl methyl sites for hydroxylation is 1. The van der Waals surface area contributed by atoms with Crippen LogP contribution in [0.25, 0.3) is 6.08 Å². The molecule has 1 aromatic carbocycles. The van der Waals surface area contributed by atoms with Crippen LogP contribution in [-0.4, -0.2) is 20.1 Å². The minimum atomic E-state index is -0.0304. The van der Waals surface area contributed by atoms with E-state index >= 15 is 0 Å². The van der Waals surface area contributed by atoms with Gasteiger partial charge in [-0.15, -0.1) is 0 Å². The lowest BCUT2D eigenvalue weighted by Gasteiger charge is -2.14. The Balaban J connectivity index is 2.07. The number of fused-ring (bicyclic) bond motifs is 1. The molecule has 3 rings (SSSR count). The Kier molecular flexibility index (Phi) is 3.75. The molecule has 1 atom stereocenters. The molecule has 0 radical (unpaired) electrons. The third-order valence-electron chi connectivity index (χ3n) is 4.13. The van der Waals surface area contributed by atoms with Gasteiger partial charge in [0.05, 0.1) is 14.2 Å². The number of nitrogens with one attached hydrogen (secondary N) is 1. The first kappa shape index (κ1) is 14.4. The highest BCUT2D eigenvalue weighted by Gasteiger charge is 2.33. The fraction of sp³-hybridized carbons (Fsp3) is 0.278. The normalized spacial score (nSPS) is 21.4. The number of methoxy groups -OCH3 is 2. The van der Waals surface area contributed by atoms with Crippen LogP contribution in [0.15, 0.2) is 41.6 Å². The minimum absolute atomic E-state index is 0.0304. The Morgan fingerprint density at radius 2 is 2.09 bits per heavy atom. The number of allylic oxidation sites excluding steroid dienone is 4. The number of hydrogen-bond acceptors (Lipinski definition) is 3. The van der Waals surface area contributed by atoms with E-state index in [1.807, 2.05) is 37.3 Å². The summed E-state index contributed by atoms with van der Waals surface area (Å²) in [5.74, 6) is 1.54. The summed E-state index contributed by atoms with van der Waals surface area (Å²) in [6, 6.07) is 3.78. The maximum atomic E-state index is 12.3. The quantitative estimate of drug-likeness (QED) is 0.873. The van der Waals surface area contributed by atoms with Crippen molar-refractivity contribution in [2.24, 2.45) is 5.92 Å². The lowest BCUT2D eigenvalue weighted by molar-refractivity contribution is -0.115. The molecule has 1 aromatic rings. The molecule has 1 aliphatic heterocycles. The topological polar surface area (TPSA) is 47.6 Å². The smallest absolute Gasteiger partial charge is 0.252 e. The molecule has 0 bridgehead atoms. The third-order valence-corrected chi connectivity index (χ3v) is 4.13. The molecule has 1 amide bonds. The van der Waals surface area contributed by atoms with E-state index in [1.165, 1.54) is 0 Å². The van der Waals surface area contributed by atoms with Crippen LogP contribution in [0, 0.1) is 12.8 Å². The molecule has 1 heterocycles. The van der Waals surface area contributed by atoms with Crippen molar-refractivity contribution < 1.29 is 14.3 Å². The molecule has 1 saturated heterocycles. The van der Waals surface area contributed by atoms with Gasteiger partial charge in [-0.1, -0.05) is 12.2 Å². The summed E-state index contributed by atoms with van der Waals surface area (Å²) in [5, 5.41) is 2.94. The maximum Gasteiger partial charge on any atom is 0.252 e. The Labute approximate surface area is 130 Å². The van der Waals surface area contributed by atoms with Crippen molar-refractivity contribution in [3.8, 4) is 11.5 Å². The van der Waals surface area contributed by atoms with Crippen molar-refractivity contribution in [1.82, 2.24) is 5.32 Å².